The first-order valence-corrected chi connectivity index (χ1v) is 19.7. The summed E-state index contributed by atoms with van der Waals surface area (Å²) >= 11 is 0. The van der Waals surface area contributed by atoms with Crippen LogP contribution in [0.15, 0.2) is 98.3 Å². The molecule has 4 aromatic carbocycles. The van der Waals surface area contributed by atoms with Crippen LogP contribution in [0.1, 0.15) is 15.9 Å². The number of anilines is 6. The molecule has 0 amide bonds. The van der Waals surface area contributed by atoms with Gasteiger partial charge in [-0.2, -0.15) is 52.1 Å². The second-order valence-electron chi connectivity index (χ2n) is 11.8. The van der Waals surface area contributed by atoms with Gasteiger partial charge in [-0.1, -0.05) is 24.3 Å². The number of hydrogen-bond donors (Lipinski definition) is 6. The van der Waals surface area contributed by atoms with E-state index >= 15 is 0 Å². The van der Waals surface area contributed by atoms with Crippen LogP contribution in [-0.4, -0.2) is 60.2 Å². The van der Waals surface area contributed by atoms with Gasteiger partial charge in [-0.05, 0) is 59.7 Å². The van der Waals surface area contributed by atoms with Crippen molar-refractivity contribution in [2.24, 2.45) is 18.8 Å². The van der Waals surface area contributed by atoms with Crippen LogP contribution in [0.5, 0.6) is 6.01 Å². The number of carbonyl (C=O) groups is 1. The first-order chi connectivity index (χ1) is 26.4. The van der Waals surface area contributed by atoms with Crippen LogP contribution in [-0.2, 0) is 46.0 Å². The van der Waals surface area contributed by atoms with Gasteiger partial charge in [0, 0.05) is 29.8 Å². The van der Waals surface area contributed by atoms with Crippen molar-refractivity contribution in [3.8, 4) is 17.1 Å². The molecule has 0 saturated heterocycles. The van der Waals surface area contributed by atoms with Gasteiger partial charge in [-0.15, -0.1) is 0 Å². The molecule has 0 radical (unpaired) electrons. The summed E-state index contributed by atoms with van der Waals surface area (Å²) in [4.78, 5) is 36.3. The quantitative estimate of drug-likeness (QED) is 0.0513. The van der Waals surface area contributed by atoms with E-state index in [1.165, 1.54) is 28.8 Å². The van der Waals surface area contributed by atoms with Crippen molar-refractivity contribution in [1.82, 2.24) is 19.5 Å². The number of hydrogen-bond acceptors (Lipinski definition) is 20. The molecule has 21 nitrogen and oxygen atoms in total. The van der Waals surface area contributed by atoms with Crippen molar-refractivity contribution in [2.45, 2.75) is 14.7 Å². The molecule has 7 rings (SSSR count). The summed E-state index contributed by atoms with van der Waals surface area (Å²) in [5.74, 6) is 8.48. The molecule has 1 aliphatic rings. The fourth-order valence-electron chi connectivity index (χ4n) is 6.04. The molecule has 8 N–H and O–H groups in total. The van der Waals surface area contributed by atoms with Crippen LogP contribution in [0.3, 0.4) is 0 Å². The molecule has 288 valence electrons. The molecule has 0 saturated carbocycles. The number of pyridine rings is 1. The van der Waals surface area contributed by atoms with Crippen molar-refractivity contribution in [3.63, 3.8) is 0 Å². The molecule has 0 fully saturated rings. The Morgan fingerprint density at radius 3 is 2.00 bits per heavy atom. The van der Waals surface area contributed by atoms with E-state index < -0.39 is 74.4 Å². The third kappa shape index (κ3) is 7.71. The SMILES string of the molecule is Cn1c(=O)cc2c3c(c(Nc4cc(Nc5nc(O)nc(Nc6cc(S(=O)(=O)ON)ccc6S(=O)(=O)[O-])n5)ccc4S(=O)(=O)ON)ccc31)C(=O)c1ccccc1-2.[Na+]. The zero-order valence-electron chi connectivity index (χ0n) is 29.1. The van der Waals surface area contributed by atoms with E-state index in [0.717, 1.165) is 12.1 Å². The van der Waals surface area contributed by atoms with Crippen LogP contribution >= 0.6 is 0 Å². The number of nitrogens with two attached hydrogens (primary N) is 2. The molecule has 0 atom stereocenters. The molecule has 57 heavy (non-hydrogen) atoms. The number of nitrogens with zero attached hydrogens (tertiary/aromatic N) is 4. The molecule has 0 unspecified atom stereocenters. The first-order valence-electron chi connectivity index (χ1n) is 15.5. The van der Waals surface area contributed by atoms with Gasteiger partial charge in [0.05, 0.1) is 37.9 Å². The monoisotopic (exact) mass is 845 g/mol. The van der Waals surface area contributed by atoms with Gasteiger partial charge in [-0.25, -0.2) is 8.42 Å². The van der Waals surface area contributed by atoms with E-state index in [4.69, 9.17) is 11.8 Å². The number of fused-ring (bicyclic) bond motifs is 2. The van der Waals surface area contributed by atoms with Crippen molar-refractivity contribution in [3.05, 3.63) is 100 Å². The first kappa shape index (κ1) is 41.3. The van der Waals surface area contributed by atoms with Crippen molar-refractivity contribution in [1.29, 1.82) is 0 Å². The number of rotatable bonds is 11. The summed E-state index contributed by atoms with van der Waals surface area (Å²) in [5, 5.41) is 18.8. The predicted octanol–water partition coefficient (Wildman–Crippen LogP) is -1.06. The van der Waals surface area contributed by atoms with E-state index in [2.05, 4.69) is 39.5 Å². The molecule has 6 aromatic rings. The average Bonchev–Trinajstić information content (AvgIpc) is 3.15. The van der Waals surface area contributed by atoms with Crippen molar-refractivity contribution >= 4 is 81.7 Å². The molecular weight excluding hydrogens is 822 g/mol. The summed E-state index contributed by atoms with van der Waals surface area (Å²) in [6.07, 6.45) is 0. The van der Waals surface area contributed by atoms with Crippen LogP contribution in [0.4, 0.5) is 34.6 Å². The van der Waals surface area contributed by atoms with E-state index in [1.807, 2.05) is 0 Å². The minimum absolute atomic E-state index is 0. The van der Waals surface area contributed by atoms with Gasteiger partial charge in [0.2, 0.25) is 11.9 Å². The van der Waals surface area contributed by atoms with Crippen molar-refractivity contribution in [2.75, 3.05) is 16.0 Å². The number of benzene rings is 4. The Bertz CT molecular complexity index is 3080. The number of carbonyl (C=O) groups excluding carboxylic acids is 1. The Morgan fingerprint density at radius 2 is 1.33 bits per heavy atom. The molecular formula is C32H24N9NaO12S3. The minimum atomic E-state index is -5.22. The summed E-state index contributed by atoms with van der Waals surface area (Å²) < 4.78 is 95.7. The van der Waals surface area contributed by atoms with Gasteiger partial charge < -0.3 is 30.2 Å². The maximum absolute atomic E-state index is 14.1. The molecule has 1 aliphatic carbocycles. The average molecular weight is 846 g/mol. The van der Waals surface area contributed by atoms with Gasteiger partial charge in [0.15, 0.2) is 5.78 Å². The third-order valence-corrected chi connectivity index (χ3v) is 11.6. The van der Waals surface area contributed by atoms with Gasteiger partial charge >= 0.3 is 55.8 Å². The normalized spacial score (nSPS) is 12.5. The summed E-state index contributed by atoms with van der Waals surface area (Å²) in [7, 11) is -12.9. The fraction of sp³-hybridized carbons (Fsp3) is 0.0312. The zero-order chi connectivity index (χ0) is 40.3. The van der Waals surface area contributed by atoms with E-state index in [0.29, 0.717) is 39.7 Å². The summed E-state index contributed by atoms with van der Waals surface area (Å²) in [6.45, 7) is 0. The van der Waals surface area contributed by atoms with Crippen LogP contribution < -0.4 is 62.9 Å². The van der Waals surface area contributed by atoms with E-state index in [9.17, 15) is 44.5 Å². The summed E-state index contributed by atoms with van der Waals surface area (Å²) in [5.41, 5.74) is 0.941. The maximum atomic E-state index is 14.1. The summed E-state index contributed by atoms with van der Waals surface area (Å²) in [6, 6.07) is 15.9. The largest absolute Gasteiger partial charge is 1.00 e. The molecule has 0 bridgehead atoms. The smallest absolute Gasteiger partial charge is 0.744 e. The van der Waals surface area contributed by atoms with E-state index in [1.54, 1.807) is 37.4 Å². The topological polar surface area (TPSA) is 330 Å². The molecule has 0 aliphatic heterocycles. The molecule has 2 heterocycles. The van der Waals surface area contributed by atoms with Crippen LogP contribution in [0.2, 0.25) is 0 Å². The second-order valence-corrected chi connectivity index (χ2v) is 16.3. The second kappa shape index (κ2) is 15.2. The van der Waals surface area contributed by atoms with E-state index in [-0.39, 0.29) is 57.7 Å². The number of aromatic hydroxyl groups is 1. The Labute approximate surface area is 343 Å². The van der Waals surface area contributed by atoms with Crippen LogP contribution in [0, 0.1) is 0 Å². The van der Waals surface area contributed by atoms with Crippen LogP contribution in [0.25, 0.3) is 22.0 Å². The minimum Gasteiger partial charge on any atom is -0.744 e. The molecule has 0 spiro atoms. The maximum Gasteiger partial charge on any atom is 1.00 e. The number of aryl methyl sites for hydroxylation is 1. The number of aromatic nitrogens is 4. The Kier molecular flexibility index (Phi) is 11.0. The Morgan fingerprint density at radius 1 is 0.702 bits per heavy atom. The molecule has 2 aromatic heterocycles. The van der Waals surface area contributed by atoms with Gasteiger partial charge in [-0.3, -0.25) is 9.59 Å². The molecule has 25 heteroatoms. The Balaban J connectivity index is 0.00000549. The zero-order valence-corrected chi connectivity index (χ0v) is 33.6. The fourth-order valence-corrected chi connectivity index (χ4v) is 7.98. The van der Waals surface area contributed by atoms with Crippen molar-refractivity contribution < 1.29 is 77.8 Å². The number of nitrogens with one attached hydrogen (secondary N) is 3. The number of ketones is 1. The Hall–Kier alpha value is -5.38. The predicted molar refractivity (Wildman–Crippen MR) is 195 cm³/mol. The van der Waals surface area contributed by atoms with Gasteiger partial charge in [0.25, 0.3) is 5.56 Å². The van der Waals surface area contributed by atoms with Gasteiger partial charge in [0.1, 0.15) is 15.0 Å². The third-order valence-electron chi connectivity index (χ3n) is 8.51. The standard InChI is InChI=1S/C32H25N9O12S3.Na/c1-41-23-9-8-20(28-27(23)19(14-26(41)42)17-4-2-3-5-18(17)29(28)43)36-21-12-15(6-10-25(21)56(50,51)53-34)35-30-38-31(40-32(44)39-30)37-22-13-16(55(48,49)52-33)7-11-24(22)54(45,46)47;/h2-14,36H,33-34H2,1H3,(H,45,46,47)(H3,35,37,38,39,40,44);/q;+1/p-1.